The summed E-state index contributed by atoms with van der Waals surface area (Å²) in [5.41, 5.74) is 3.44. The molecule has 1 unspecified atom stereocenters. The molecule has 2 aromatic rings. The minimum atomic E-state index is 0.403. The van der Waals surface area contributed by atoms with Crippen molar-refractivity contribution < 1.29 is 5.11 Å². The van der Waals surface area contributed by atoms with Crippen LogP contribution >= 0.6 is 0 Å². The van der Waals surface area contributed by atoms with E-state index >= 15 is 0 Å². The monoisotopic (exact) mass is 324 g/mol. The van der Waals surface area contributed by atoms with Crippen LogP contribution in [0.4, 0.5) is 0 Å². The molecule has 0 bridgehead atoms. The fourth-order valence-corrected chi connectivity index (χ4v) is 3.57. The van der Waals surface area contributed by atoms with E-state index in [0.717, 1.165) is 17.5 Å². The minimum absolute atomic E-state index is 0.403. The molecule has 0 spiro atoms. The van der Waals surface area contributed by atoms with E-state index in [1.54, 1.807) is 0 Å². The molecule has 0 aliphatic heterocycles. The normalized spacial score (nSPS) is 12.2. The lowest BCUT2D eigenvalue weighted by molar-refractivity contribution is 0.474. The summed E-state index contributed by atoms with van der Waals surface area (Å²) in [6.45, 7) is 4.53. The van der Waals surface area contributed by atoms with Crippen LogP contribution in [0.25, 0.3) is 11.1 Å². The number of unbranched alkanes of at least 4 members (excludes halogenated alkanes) is 5. The van der Waals surface area contributed by atoms with Gasteiger partial charge in [0.05, 0.1) is 0 Å². The lowest BCUT2D eigenvalue weighted by atomic mass is 9.85. The minimum Gasteiger partial charge on any atom is -0.507 e. The Hall–Kier alpha value is -1.76. The van der Waals surface area contributed by atoms with Gasteiger partial charge in [-0.2, -0.15) is 0 Å². The van der Waals surface area contributed by atoms with Crippen LogP contribution in [0.15, 0.2) is 48.5 Å². The standard InChI is InChI=1S/C23H32O/c1-3-5-6-7-8-10-14-19(4-2)21-17-13-18-22(24)23(21)20-15-11-9-12-16-20/h9,11-13,15-19,24H,3-8,10,14H2,1-2H3. The van der Waals surface area contributed by atoms with Crippen molar-refractivity contribution in [1.29, 1.82) is 0 Å². The van der Waals surface area contributed by atoms with Crippen molar-refractivity contribution in [3.05, 3.63) is 54.1 Å². The number of phenols is 1. The molecule has 130 valence electrons. The number of benzene rings is 2. The van der Waals surface area contributed by atoms with Gasteiger partial charge in [-0.1, -0.05) is 94.8 Å². The molecule has 0 saturated heterocycles. The molecule has 1 atom stereocenters. The molecule has 2 rings (SSSR count). The second kappa shape index (κ2) is 10.2. The molecule has 0 aliphatic carbocycles. The van der Waals surface area contributed by atoms with Crippen molar-refractivity contribution in [2.45, 2.75) is 71.1 Å². The summed E-state index contributed by atoms with van der Waals surface area (Å²) in [6, 6.07) is 16.3. The molecule has 0 fully saturated rings. The molecule has 2 aromatic carbocycles. The van der Waals surface area contributed by atoms with Crippen LogP contribution in [0.1, 0.15) is 76.7 Å². The summed E-state index contributed by atoms with van der Waals surface area (Å²) < 4.78 is 0. The molecule has 1 nitrogen and oxygen atoms in total. The van der Waals surface area contributed by atoms with Gasteiger partial charge < -0.3 is 5.11 Å². The van der Waals surface area contributed by atoms with Gasteiger partial charge in [-0.25, -0.2) is 0 Å². The van der Waals surface area contributed by atoms with Crippen LogP contribution in [0.2, 0.25) is 0 Å². The molecule has 1 N–H and O–H groups in total. The van der Waals surface area contributed by atoms with E-state index in [1.807, 2.05) is 30.3 Å². The van der Waals surface area contributed by atoms with Gasteiger partial charge in [0.1, 0.15) is 5.75 Å². The van der Waals surface area contributed by atoms with Gasteiger partial charge in [0.15, 0.2) is 0 Å². The van der Waals surface area contributed by atoms with Crippen molar-refractivity contribution >= 4 is 0 Å². The smallest absolute Gasteiger partial charge is 0.123 e. The molecule has 0 amide bonds. The third-order valence-electron chi connectivity index (χ3n) is 4.98. The fraction of sp³-hybridized carbons (Fsp3) is 0.478. The van der Waals surface area contributed by atoms with E-state index in [4.69, 9.17) is 0 Å². The van der Waals surface area contributed by atoms with Gasteiger partial charge in [-0.05, 0) is 36.0 Å². The van der Waals surface area contributed by atoms with Crippen LogP contribution in [0.5, 0.6) is 5.75 Å². The molecule has 0 aromatic heterocycles. The van der Waals surface area contributed by atoms with Crippen molar-refractivity contribution in [2.75, 3.05) is 0 Å². The third kappa shape index (κ3) is 5.12. The summed E-state index contributed by atoms with van der Waals surface area (Å²) in [6.07, 6.45) is 10.3. The SMILES string of the molecule is CCCCCCCCC(CC)c1cccc(O)c1-c1ccccc1. The zero-order valence-electron chi connectivity index (χ0n) is 15.3. The van der Waals surface area contributed by atoms with Crippen LogP contribution in [-0.2, 0) is 0 Å². The second-order valence-electron chi connectivity index (χ2n) is 6.77. The lowest BCUT2D eigenvalue weighted by Crippen LogP contribution is -2.01. The first-order valence-electron chi connectivity index (χ1n) is 9.65. The zero-order chi connectivity index (χ0) is 17.2. The van der Waals surface area contributed by atoms with Gasteiger partial charge in [0.25, 0.3) is 0 Å². The second-order valence-corrected chi connectivity index (χ2v) is 6.77. The third-order valence-corrected chi connectivity index (χ3v) is 4.98. The van der Waals surface area contributed by atoms with Gasteiger partial charge in [0, 0.05) is 5.56 Å². The Bertz CT molecular complexity index is 588. The Morgan fingerprint density at radius 2 is 1.50 bits per heavy atom. The average molecular weight is 325 g/mol. The van der Waals surface area contributed by atoms with E-state index in [1.165, 1.54) is 50.5 Å². The highest BCUT2D eigenvalue weighted by Gasteiger charge is 2.17. The summed E-state index contributed by atoms with van der Waals surface area (Å²) in [5.74, 6) is 0.929. The molecule has 1 heteroatoms. The molecule has 0 aliphatic rings. The molecule has 0 saturated carbocycles. The zero-order valence-corrected chi connectivity index (χ0v) is 15.3. The topological polar surface area (TPSA) is 20.2 Å². The molecule has 0 radical (unpaired) electrons. The highest BCUT2D eigenvalue weighted by molar-refractivity contribution is 5.74. The molecular weight excluding hydrogens is 292 g/mol. The predicted octanol–water partition coefficient (Wildman–Crippen LogP) is 7.30. The largest absolute Gasteiger partial charge is 0.507 e. The van der Waals surface area contributed by atoms with E-state index in [9.17, 15) is 5.11 Å². The Morgan fingerprint density at radius 1 is 0.792 bits per heavy atom. The van der Waals surface area contributed by atoms with Gasteiger partial charge in [-0.3, -0.25) is 0 Å². The van der Waals surface area contributed by atoms with Crippen molar-refractivity contribution in [3.63, 3.8) is 0 Å². The average Bonchev–Trinajstić information content (AvgIpc) is 2.62. The molecular formula is C23H32O. The van der Waals surface area contributed by atoms with Crippen molar-refractivity contribution in [2.24, 2.45) is 0 Å². The number of phenolic OH excluding ortho intramolecular Hbond substituents is 1. The number of rotatable bonds is 10. The van der Waals surface area contributed by atoms with Gasteiger partial charge in [-0.15, -0.1) is 0 Å². The highest BCUT2D eigenvalue weighted by Crippen LogP contribution is 2.39. The number of hydrogen-bond acceptors (Lipinski definition) is 1. The molecule has 0 heterocycles. The Kier molecular flexibility index (Phi) is 7.88. The van der Waals surface area contributed by atoms with E-state index in [-0.39, 0.29) is 0 Å². The van der Waals surface area contributed by atoms with Crippen molar-refractivity contribution in [1.82, 2.24) is 0 Å². The maximum absolute atomic E-state index is 10.5. The number of hydrogen-bond donors (Lipinski definition) is 1. The first-order valence-corrected chi connectivity index (χ1v) is 9.65. The van der Waals surface area contributed by atoms with E-state index < -0.39 is 0 Å². The van der Waals surface area contributed by atoms with Crippen LogP contribution in [0, 0.1) is 0 Å². The highest BCUT2D eigenvalue weighted by atomic mass is 16.3. The first-order chi connectivity index (χ1) is 11.8. The first kappa shape index (κ1) is 18.6. The lowest BCUT2D eigenvalue weighted by Gasteiger charge is -2.20. The quantitative estimate of drug-likeness (QED) is 0.454. The van der Waals surface area contributed by atoms with Gasteiger partial charge >= 0.3 is 0 Å². The maximum Gasteiger partial charge on any atom is 0.123 e. The van der Waals surface area contributed by atoms with Gasteiger partial charge in [0.2, 0.25) is 0 Å². The number of aromatic hydroxyl groups is 1. The summed E-state index contributed by atoms with van der Waals surface area (Å²) in [4.78, 5) is 0. The Labute approximate surface area is 147 Å². The van der Waals surface area contributed by atoms with Crippen LogP contribution < -0.4 is 0 Å². The van der Waals surface area contributed by atoms with E-state index in [2.05, 4.69) is 32.0 Å². The fourth-order valence-electron chi connectivity index (χ4n) is 3.57. The summed E-state index contributed by atoms with van der Waals surface area (Å²) in [5, 5.41) is 10.5. The van der Waals surface area contributed by atoms with Crippen LogP contribution in [0.3, 0.4) is 0 Å². The van der Waals surface area contributed by atoms with E-state index in [0.29, 0.717) is 11.7 Å². The predicted molar refractivity (Wildman–Crippen MR) is 105 cm³/mol. The Balaban J connectivity index is 2.10. The summed E-state index contributed by atoms with van der Waals surface area (Å²) >= 11 is 0. The maximum atomic E-state index is 10.5. The summed E-state index contributed by atoms with van der Waals surface area (Å²) in [7, 11) is 0. The van der Waals surface area contributed by atoms with Crippen molar-refractivity contribution in [3.8, 4) is 16.9 Å². The van der Waals surface area contributed by atoms with Crippen LogP contribution in [-0.4, -0.2) is 5.11 Å². The molecule has 24 heavy (non-hydrogen) atoms. The Morgan fingerprint density at radius 3 is 2.21 bits per heavy atom.